The molecule has 2 aromatic carbocycles. The van der Waals surface area contributed by atoms with Crippen LogP contribution in [-0.2, 0) is 13.0 Å². The first-order chi connectivity index (χ1) is 10.3. The molecule has 0 fully saturated rings. The quantitative estimate of drug-likeness (QED) is 0.738. The van der Waals surface area contributed by atoms with E-state index in [1.807, 2.05) is 12.1 Å². The van der Waals surface area contributed by atoms with Gasteiger partial charge in [0.2, 0.25) is 0 Å². The van der Waals surface area contributed by atoms with Gasteiger partial charge in [-0.15, -0.1) is 0 Å². The Bertz CT molecular complexity index is 522. The van der Waals surface area contributed by atoms with Crippen LogP contribution in [0, 0.1) is 0 Å². The Balaban J connectivity index is 1.92. The first kappa shape index (κ1) is 15.6. The van der Waals surface area contributed by atoms with E-state index in [1.165, 1.54) is 24.0 Å². The molecular weight excluding hydrogens is 256 g/mol. The number of benzene rings is 2. The average molecular weight is 282 g/mol. The molecule has 0 aliphatic carbocycles. The molecule has 21 heavy (non-hydrogen) atoms. The fourth-order valence-corrected chi connectivity index (χ4v) is 2.53. The third-order valence-electron chi connectivity index (χ3n) is 3.74. The first-order valence-corrected chi connectivity index (χ1v) is 7.88. The van der Waals surface area contributed by atoms with Crippen molar-refractivity contribution in [2.75, 3.05) is 18.8 Å². The largest absolute Gasteiger partial charge is 0.399 e. The van der Waals surface area contributed by atoms with Crippen molar-refractivity contribution in [3.8, 4) is 0 Å². The zero-order valence-electron chi connectivity index (χ0n) is 13.0. The van der Waals surface area contributed by atoms with Gasteiger partial charge in [0.15, 0.2) is 0 Å². The highest BCUT2D eigenvalue weighted by molar-refractivity contribution is 5.40. The maximum Gasteiger partial charge on any atom is 0.0316 e. The molecule has 0 saturated carbocycles. The molecule has 0 saturated heterocycles. The Morgan fingerprint density at radius 2 is 1.67 bits per heavy atom. The van der Waals surface area contributed by atoms with Crippen LogP contribution in [0.15, 0.2) is 54.6 Å². The predicted molar refractivity (Wildman–Crippen MR) is 91.2 cm³/mol. The summed E-state index contributed by atoms with van der Waals surface area (Å²) in [6.07, 6.45) is 3.55. The molecule has 0 bridgehead atoms. The monoisotopic (exact) mass is 282 g/mol. The molecule has 0 aliphatic heterocycles. The fourth-order valence-electron chi connectivity index (χ4n) is 2.53. The van der Waals surface area contributed by atoms with Gasteiger partial charge in [-0.1, -0.05) is 55.8 Å². The average Bonchev–Trinajstić information content (AvgIpc) is 2.51. The van der Waals surface area contributed by atoms with E-state index in [0.717, 1.165) is 31.7 Å². The van der Waals surface area contributed by atoms with Crippen LogP contribution in [0.1, 0.15) is 30.9 Å². The topological polar surface area (TPSA) is 29.3 Å². The van der Waals surface area contributed by atoms with Crippen LogP contribution in [0.3, 0.4) is 0 Å². The molecule has 2 aromatic rings. The van der Waals surface area contributed by atoms with Gasteiger partial charge >= 0.3 is 0 Å². The molecule has 0 atom stereocenters. The Kier molecular flexibility index (Phi) is 6.29. The summed E-state index contributed by atoms with van der Waals surface area (Å²) in [5, 5.41) is 0. The summed E-state index contributed by atoms with van der Waals surface area (Å²) in [6.45, 7) is 5.52. The van der Waals surface area contributed by atoms with E-state index >= 15 is 0 Å². The smallest absolute Gasteiger partial charge is 0.0316 e. The van der Waals surface area contributed by atoms with E-state index in [9.17, 15) is 0 Å². The lowest BCUT2D eigenvalue weighted by molar-refractivity contribution is 0.264. The van der Waals surface area contributed by atoms with Crippen LogP contribution in [0.2, 0.25) is 0 Å². The fraction of sp³-hybridized carbons (Fsp3) is 0.368. The van der Waals surface area contributed by atoms with Gasteiger partial charge in [-0.3, -0.25) is 4.90 Å². The molecule has 2 N–H and O–H groups in total. The molecule has 0 spiro atoms. The van der Waals surface area contributed by atoms with E-state index in [4.69, 9.17) is 5.73 Å². The maximum atomic E-state index is 5.86. The molecule has 2 heteroatoms. The molecule has 0 aromatic heterocycles. The molecule has 0 aliphatic rings. The van der Waals surface area contributed by atoms with Gasteiger partial charge in [0, 0.05) is 18.8 Å². The van der Waals surface area contributed by atoms with Gasteiger partial charge < -0.3 is 5.73 Å². The van der Waals surface area contributed by atoms with Crippen molar-refractivity contribution in [2.45, 2.75) is 32.7 Å². The number of anilines is 1. The van der Waals surface area contributed by atoms with Crippen molar-refractivity contribution in [3.63, 3.8) is 0 Å². The van der Waals surface area contributed by atoms with Crippen molar-refractivity contribution in [2.24, 2.45) is 0 Å². The zero-order chi connectivity index (χ0) is 14.9. The van der Waals surface area contributed by atoms with Crippen LogP contribution in [-0.4, -0.2) is 18.0 Å². The summed E-state index contributed by atoms with van der Waals surface area (Å²) in [7, 11) is 0. The van der Waals surface area contributed by atoms with Crippen molar-refractivity contribution in [1.29, 1.82) is 0 Å². The molecule has 112 valence electrons. The highest BCUT2D eigenvalue weighted by atomic mass is 15.1. The second-order valence-electron chi connectivity index (χ2n) is 5.61. The lowest BCUT2D eigenvalue weighted by atomic mass is 10.1. The van der Waals surface area contributed by atoms with Gasteiger partial charge in [0.1, 0.15) is 0 Å². The number of hydrogen-bond donors (Lipinski definition) is 1. The summed E-state index contributed by atoms with van der Waals surface area (Å²) in [5.74, 6) is 0. The van der Waals surface area contributed by atoms with E-state index < -0.39 is 0 Å². The number of hydrogen-bond acceptors (Lipinski definition) is 2. The van der Waals surface area contributed by atoms with Crippen LogP contribution in [0.4, 0.5) is 5.69 Å². The lowest BCUT2D eigenvalue weighted by Crippen LogP contribution is -2.26. The second-order valence-corrected chi connectivity index (χ2v) is 5.61. The maximum absolute atomic E-state index is 5.86. The number of rotatable bonds is 8. The molecule has 0 heterocycles. The van der Waals surface area contributed by atoms with Crippen LogP contribution >= 0.6 is 0 Å². The summed E-state index contributed by atoms with van der Waals surface area (Å²) in [6, 6.07) is 19.0. The van der Waals surface area contributed by atoms with Crippen molar-refractivity contribution in [1.82, 2.24) is 4.90 Å². The molecule has 0 radical (unpaired) electrons. The molecule has 0 unspecified atom stereocenters. The minimum absolute atomic E-state index is 0.857. The minimum atomic E-state index is 0.857. The number of nitrogens with two attached hydrogens (primary N) is 1. The normalized spacial score (nSPS) is 11.0. The Labute approximate surface area is 128 Å². The molecule has 2 rings (SSSR count). The van der Waals surface area contributed by atoms with Gasteiger partial charge in [-0.05, 0) is 42.6 Å². The predicted octanol–water partition coefficient (Wildman–Crippen LogP) is 4.11. The Morgan fingerprint density at radius 1 is 0.905 bits per heavy atom. The van der Waals surface area contributed by atoms with E-state index in [2.05, 4.69) is 54.3 Å². The third-order valence-corrected chi connectivity index (χ3v) is 3.74. The number of unbranched alkanes of at least 4 members (excludes halogenated alkanes) is 1. The molecular formula is C19H26N2. The summed E-state index contributed by atoms with van der Waals surface area (Å²) >= 11 is 0. The van der Waals surface area contributed by atoms with Crippen LogP contribution in [0.5, 0.6) is 0 Å². The van der Waals surface area contributed by atoms with Gasteiger partial charge in [0.05, 0.1) is 0 Å². The first-order valence-electron chi connectivity index (χ1n) is 7.88. The Morgan fingerprint density at radius 3 is 2.38 bits per heavy atom. The molecule has 0 amide bonds. The number of nitrogen functional groups attached to an aromatic ring is 1. The van der Waals surface area contributed by atoms with Crippen LogP contribution in [0.25, 0.3) is 0 Å². The lowest BCUT2D eigenvalue weighted by Gasteiger charge is -2.22. The standard InChI is InChI=1S/C19H26N2/c1-2-3-13-21(16-18-8-5-4-6-9-18)14-12-17-10-7-11-19(20)15-17/h4-11,15H,2-3,12-14,16,20H2,1H3. The van der Waals surface area contributed by atoms with E-state index in [1.54, 1.807) is 0 Å². The summed E-state index contributed by atoms with van der Waals surface area (Å²) in [4.78, 5) is 2.54. The zero-order valence-corrected chi connectivity index (χ0v) is 13.0. The van der Waals surface area contributed by atoms with Crippen molar-refractivity contribution < 1.29 is 0 Å². The van der Waals surface area contributed by atoms with Crippen molar-refractivity contribution in [3.05, 3.63) is 65.7 Å². The van der Waals surface area contributed by atoms with Gasteiger partial charge in [0.25, 0.3) is 0 Å². The highest BCUT2D eigenvalue weighted by Crippen LogP contribution is 2.10. The number of nitrogens with zero attached hydrogens (tertiary/aromatic N) is 1. The Hall–Kier alpha value is -1.80. The SMILES string of the molecule is CCCCN(CCc1cccc(N)c1)Cc1ccccc1. The molecule has 2 nitrogen and oxygen atoms in total. The van der Waals surface area contributed by atoms with Gasteiger partial charge in [-0.2, -0.15) is 0 Å². The van der Waals surface area contributed by atoms with Gasteiger partial charge in [-0.25, -0.2) is 0 Å². The summed E-state index contributed by atoms with van der Waals surface area (Å²) in [5.41, 5.74) is 9.43. The van der Waals surface area contributed by atoms with Crippen molar-refractivity contribution >= 4 is 5.69 Å². The highest BCUT2D eigenvalue weighted by Gasteiger charge is 2.06. The minimum Gasteiger partial charge on any atom is -0.399 e. The van der Waals surface area contributed by atoms with E-state index in [0.29, 0.717) is 0 Å². The second kappa shape index (κ2) is 8.48. The third kappa shape index (κ3) is 5.60. The summed E-state index contributed by atoms with van der Waals surface area (Å²) < 4.78 is 0. The van der Waals surface area contributed by atoms with E-state index in [-0.39, 0.29) is 0 Å². The van der Waals surface area contributed by atoms with Crippen LogP contribution < -0.4 is 5.73 Å².